The number of amides is 1. The molecule has 0 saturated heterocycles. The Kier molecular flexibility index (Phi) is 3.03. The van der Waals surface area contributed by atoms with Crippen LogP contribution in [0.2, 0.25) is 5.02 Å². The second-order valence-corrected chi connectivity index (χ2v) is 5.17. The highest BCUT2D eigenvalue weighted by atomic mass is 35.5. The van der Waals surface area contributed by atoms with E-state index < -0.39 is 0 Å². The number of halogens is 1. The summed E-state index contributed by atoms with van der Waals surface area (Å²) in [6.07, 6.45) is 2.61. The molecule has 19 heavy (non-hydrogen) atoms. The van der Waals surface area contributed by atoms with Gasteiger partial charge in [-0.15, -0.1) is 0 Å². The molecule has 98 valence electrons. The summed E-state index contributed by atoms with van der Waals surface area (Å²) < 4.78 is 1.98. The third kappa shape index (κ3) is 2.24. The zero-order chi connectivity index (χ0) is 13.4. The largest absolute Gasteiger partial charge is 0.336 e. The molecule has 0 N–H and O–H groups in total. The molecule has 5 heteroatoms. The van der Waals surface area contributed by atoms with Crippen molar-refractivity contribution in [2.45, 2.75) is 13.0 Å². The third-order valence-corrected chi connectivity index (χ3v) is 3.70. The Morgan fingerprint density at radius 2 is 2.26 bits per heavy atom. The van der Waals surface area contributed by atoms with Crippen molar-refractivity contribution in [1.29, 1.82) is 0 Å². The first-order valence-electron chi connectivity index (χ1n) is 6.19. The van der Waals surface area contributed by atoms with E-state index in [2.05, 4.69) is 4.98 Å². The minimum atomic E-state index is 0.0225. The van der Waals surface area contributed by atoms with Crippen LogP contribution in [0, 0.1) is 0 Å². The molecule has 1 aliphatic heterocycles. The number of benzene rings is 1. The zero-order valence-electron chi connectivity index (χ0n) is 10.6. The zero-order valence-corrected chi connectivity index (χ0v) is 11.4. The number of carbonyl (C=O) groups excluding carboxylic acids is 1. The van der Waals surface area contributed by atoms with Crippen LogP contribution < -0.4 is 0 Å². The standard InChI is InChI=1S/C14H14ClN3O/c1-17-9-16-12-5-6-18(8-13(12)17)14(19)10-3-2-4-11(15)7-10/h2-4,7,9H,5-6,8H2,1H3. The monoisotopic (exact) mass is 275 g/mol. The summed E-state index contributed by atoms with van der Waals surface area (Å²) in [5.41, 5.74) is 2.84. The van der Waals surface area contributed by atoms with Crippen LogP contribution in [0.4, 0.5) is 0 Å². The van der Waals surface area contributed by atoms with Crippen LogP contribution in [0.1, 0.15) is 21.7 Å². The predicted octanol–water partition coefficient (Wildman–Crippen LogP) is 2.27. The first kappa shape index (κ1) is 12.2. The molecule has 0 radical (unpaired) electrons. The lowest BCUT2D eigenvalue weighted by Gasteiger charge is -2.27. The molecule has 0 atom stereocenters. The Morgan fingerprint density at radius 1 is 1.42 bits per heavy atom. The van der Waals surface area contributed by atoms with Gasteiger partial charge >= 0.3 is 0 Å². The third-order valence-electron chi connectivity index (χ3n) is 3.46. The summed E-state index contributed by atoms with van der Waals surface area (Å²) in [5, 5.41) is 0.587. The average molecular weight is 276 g/mol. The fraction of sp³-hybridized carbons (Fsp3) is 0.286. The van der Waals surface area contributed by atoms with Crippen LogP contribution in [0.15, 0.2) is 30.6 Å². The fourth-order valence-electron chi connectivity index (χ4n) is 2.39. The van der Waals surface area contributed by atoms with Gasteiger partial charge in [-0.1, -0.05) is 17.7 Å². The van der Waals surface area contributed by atoms with Crippen LogP contribution in [0.25, 0.3) is 0 Å². The quantitative estimate of drug-likeness (QED) is 0.801. The molecule has 3 rings (SSSR count). The molecule has 1 amide bonds. The van der Waals surface area contributed by atoms with E-state index in [1.165, 1.54) is 0 Å². The minimum absolute atomic E-state index is 0.0225. The lowest BCUT2D eigenvalue weighted by molar-refractivity contribution is 0.0730. The Labute approximate surface area is 116 Å². The number of fused-ring (bicyclic) bond motifs is 1. The van der Waals surface area contributed by atoms with Crippen molar-refractivity contribution in [3.63, 3.8) is 0 Å². The highest BCUT2D eigenvalue weighted by Crippen LogP contribution is 2.20. The first-order chi connectivity index (χ1) is 9.15. The van der Waals surface area contributed by atoms with Crippen LogP contribution in [0.3, 0.4) is 0 Å². The highest BCUT2D eigenvalue weighted by Gasteiger charge is 2.24. The molecule has 0 bridgehead atoms. The maximum absolute atomic E-state index is 12.4. The van der Waals surface area contributed by atoms with Gasteiger partial charge in [-0.25, -0.2) is 4.98 Å². The summed E-state index contributed by atoms with van der Waals surface area (Å²) in [5.74, 6) is 0.0225. The molecule has 1 aromatic heterocycles. The number of hydrogen-bond donors (Lipinski definition) is 0. The van der Waals surface area contributed by atoms with Crippen molar-refractivity contribution < 1.29 is 4.79 Å². The maximum Gasteiger partial charge on any atom is 0.254 e. The van der Waals surface area contributed by atoms with E-state index in [-0.39, 0.29) is 5.91 Å². The average Bonchev–Trinajstić information content (AvgIpc) is 2.79. The van der Waals surface area contributed by atoms with Gasteiger partial charge in [-0.2, -0.15) is 0 Å². The molecule has 1 aromatic carbocycles. The second kappa shape index (κ2) is 4.70. The summed E-state index contributed by atoms with van der Waals surface area (Å²) in [7, 11) is 1.96. The van der Waals surface area contributed by atoms with Gasteiger partial charge in [0.25, 0.3) is 5.91 Å². The fourth-order valence-corrected chi connectivity index (χ4v) is 2.58. The van der Waals surface area contributed by atoms with E-state index >= 15 is 0 Å². The van der Waals surface area contributed by atoms with E-state index in [0.717, 1.165) is 17.8 Å². The van der Waals surface area contributed by atoms with Gasteiger partial charge in [0.2, 0.25) is 0 Å². The van der Waals surface area contributed by atoms with Gasteiger partial charge in [-0.3, -0.25) is 4.79 Å². The summed E-state index contributed by atoms with van der Waals surface area (Å²) in [4.78, 5) is 18.6. The van der Waals surface area contributed by atoms with Crippen molar-refractivity contribution >= 4 is 17.5 Å². The highest BCUT2D eigenvalue weighted by molar-refractivity contribution is 6.30. The Bertz CT molecular complexity index is 635. The van der Waals surface area contributed by atoms with Crippen molar-refractivity contribution in [2.24, 2.45) is 7.05 Å². The smallest absolute Gasteiger partial charge is 0.254 e. The molecule has 0 unspecified atom stereocenters. The van der Waals surface area contributed by atoms with Crippen molar-refractivity contribution in [2.75, 3.05) is 6.54 Å². The van der Waals surface area contributed by atoms with E-state index in [0.29, 0.717) is 23.7 Å². The van der Waals surface area contributed by atoms with Gasteiger partial charge in [0.05, 0.1) is 24.3 Å². The van der Waals surface area contributed by atoms with Crippen LogP contribution in [-0.4, -0.2) is 26.9 Å². The van der Waals surface area contributed by atoms with E-state index in [9.17, 15) is 4.79 Å². The molecule has 2 heterocycles. The summed E-state index contributed by atoms with van der Waals surface area (Å²) in [6.45, 7) is 1.31. The van der Waals surface area contributed by atoms with Gasteiger partial charge in [-0.05, 0) is 18.2 Å². The normalized spacial score (nSPS) is 14.3. The van der Waals surface area contributed by atoms with Crippen LogP contribution >= 0.6 is 11.6 Å². The number of hydrogen-bond acceptors (Lipinski definition) is 2. The number of nitrogens with zero attached hydrogens (tertiary/aromatic N) is 3. The van der Waals surface area contributed by atoms with Gasteiger partial charge in [0.15, 0.2) is 0 Å². The van der Waals surface area contributed by atoms with Crippen molar-refractivity contribution in [3.8, 4) is 0 Å². The number of rotatable bonds is 1. The number of imidazole rings is 1. The first-order valence-corrected chi connectivity index (χ1v) is 6.57. The predicted molar refractivity (Wildman–Crippen MR) is 73.1 cm³/mol. The lowest BCUT2D eigenvalue weighted by atomic mass is 10.1. The molecule has 0 fully saturated rings. The molecule has 0 saturated carbocycles. The topological polar surface area (TPSA) is 38.1 Å². The molecule has 4 nitrogen and oxygen atoms in total. The van der Waals surface area contributed by atoms with E-state index in [4.69, 9.17) is 11.6 Å². The van der Waals surface area contributed by atoms with Gasteiger partial charge in [0.1, 0.15) is 0 Å². The molecule has 0 aliphatic carbocycles. The minimum Gasteiger partial charge on any atom is -0.336 e. The van der Waals surface area contributed by atoms with Crippen molar-refractivity contribution in [1.82, 2.24) is 14.5 Å². The summed E-state index contributed by atoms with van der Waals surface area (Å²) in [6, 6.07) is 7.08. The summed E-state index contributed by atoms with van der Waals surface area (Å²) >= 11 is 5.93. The Balaban J connectivity index is 1.85. The number of carbonyl (C=O) groups is 1. The molecule has 2 aromatic rings. The molecule has 1 aliphatic rings. The lowest BCUT2D eigenvalue weighted by Crippen LogP contribution is -2.36. The molecular weight excluding hydrogens is 262 g/mol. The Morgan fingerprint density at radius 3 is 3.05 bits per heavy atom. The number of aromatic nitrogens is 2. The number of aryl methyl sites for hydroxylation is 1. The van der Waals surface area contributed by atoms with Crippen molar-refractivity contribution in [3.05, 3.63) is 52.6 Å². The van der Waals surface area contributed by atoms with Crippen LogP contribution in [-0.2, 0) is 20.0 Å². The second-order valence-electron chi connectivity index (χ2n) is 4.74. The van der Waals surface area contributed by atoms with E-state index in [1.807, 2.05) is 16.5 Å². The van der Waals surface area contributed by atoms with E-state index in [1.54, 1.807) is 30.6 Å². The molecular formula is C14H14ClN3O. The molecule has 0 spiro atoms. The van der Waals surface area contributed by atoms with Crippen LogP contribution in [0.5, 0.6) is 0 Å². The van der Waals surface area contributed by atoms with Gasteiger partial charge in [0, 0.05) is 30.6 Å². The SMILES string of the molecule is Cn1cnc2c1CN(C(=O)c1cccc(Cl)c1)CC2. The Hall–Kier alpha value is -1.81. The maximum atomic E-state index is 12.4. The van der Waals surface area contributed by atoms with Gasteiger partial charge < -0.3 is 9.47 Å².